The molecule has 1 aliphatic rings. The van der Waals surface area contributed by atoms with Gasteiger partial charge in [0.15, 0.2) is 11.6 Å². The minimum Gasteiger partial charge on any atom is -0.293 e. The molecule has 4 rings (SSSR count). The lowest BCUT2D eigenvalue weighted by Gasteiger charge is -2.16. The van der Waals surface area contributed by atoms with Crippen LogP contribution in [0.3, 0.4) is 0 Å². The molecular weight excluding hydrogens is 314 g/mol. The van der Waals surface area contributed by atoms with Crippen molar-refractivity contribution >= 4 is 29.3 Å². The molecule has 2 aromatic carbocycles. The highest BCUT2D eigenvalue weighted by Crippen LogP contribution is 2.30. The quantitative estimate of drug-likeness (QED) is 0.726. The second-order valence-corrected chi connectivity index (χ2v) is 5.50. The lowest BCUT2D eigenvalue weighted by Crippen LogP contribution is -2.21. The van der Waals surface area contributed by atoms with Crippen molar-refractivity contribution in [3.8, 4) is 5.69 Å². The summed E-state index contributed by atoms with van der Waals surface area (Å²) in [7, 11) is 0. The topological polar surface area (TPSA) is 73.0 Å². The first-order valence-corrected chi connectivity index (χ1v) is 7.33. The van der Waals surface area contributed by atoms with Crippen LogP contribution in [0.2, 0.25) is 5.02 Å². The number of carbonyl (C=O) groups excluding carboxylic acids is 1. The van der Waals surface area contributed by atoms with Gasteiger partial charge >= 0.3 is 0 Å². The Morgan fingerprint density at radius 3 is 2.65 bits per heavy atom. The van der Waals surface area contributed by atoms with Gasteiger partial charge in [-0.15, -0.1) is 5.10 Å². The lowest BCUT2D eigenvalue weighted by molar-refractivity contribution is 0.0980. The zero-order valence-corrected chi connectivity index (χ0v) is 12.6. The molecule has 2 heterocycles. The molecule has 0 bridgehead atoms. The average molecular weight is 324 g/mol. The second kappa shape index (κ2) is 5.40. The van der Waals surface area contributed by atoms with E-state index in [2.05, 4.69) is 20.5 Å². The highest BCUT2D eigenvalue weighted by Gasteiger charge is 2.30. The van der Waals surface area contributed by atoms with Gasteiger partial charge < -0.3 is 0 Å². The minimum atomic E-state index is -0.615. The van der Waals surface area contributed by atoms with Crippen LogP contribution in [0, 0.1) is 0 Å². The van der Waals surface area contributed by atoms with Gasteiger partial charge in [0.1, 0.15) is 5.92 Å². The molecule has 6 nitrogen and oxygen atoms in total. The molecule has 3 aromatic rings. The van der Waals surface area contributed by atoms with Crippen LogP contribution < -0.4 is 0 Å². The maximum atomic E-state index is 12.7. The van der Waals surface area contributed by atoms with Crippen molar-refractivity contribution in [2.45, 2.75) is 5.92 Å². The van der Waals surface area contributed by atoms with Crippen LogP contribution >= 0.6 is 11.6 Å². The molecule has 0 spiro atoms. The number of Topliss-reactive ketones (excluding diaryl/α,β-unsaturated/α-hetero) is 1. The lowest BCUT2D eigenvalue weighted by atomic mass is 9.94. The SMILES string of the molecule is O=C1c2ccccc2N=CC1c1nnnn1-c1ccc(Cl)cc1. The van der Waals surface area contributed by atoms with E-state index in [1.165, 1.54) is 4.68 Å². The third-order valence-electron chi connectivity index (χ3n) is 3.66. The van der Waals surface area contributed by atoms with E-state index < -0.39 is 5.92 Å². The predicted octanol–water partition coefficient (Wildman–Crippen LogP) is 3.00. The molecule has 0 amide bonds. The molecule has 0 saturated heterocycles. The average Bonchev–Trinajstić information content (AvgIpc) is 3.05. The largest absolute Gasteiger partial charge is 0.293 e. The van der Waals surface area contributed by atoms with Crippen LogP contribution in [0.1, 0.15) is 22.1 Å². The molecule has 1 aliphatic heterocycles. The van der Waals surface area contributed by atoms with Gasteiger partial charge in [-0.1, -0.05) is 23.7 Å². The summed E-state index contributed by atoms with van der Waals surface area (Å²) in [5, 5.41) is 12.3. The summed E-state index contributed by atoms with van der Waals surface area (Å²) in [4.78, 5) is 17.1. The summed E-state index contributed by atoms with van der Waals surface area (Å²) < 4.78 is 1.53. The molecule has 112 valence electrons. The number of aliphatic imine (C=N–C) groups is 1. The normalized spacial score (nSPS) is 16.4. The summed E-state index contributed by atoms with van der Waals surface area (Å²) >= 11 is 5.90. The number of hydrogen-bond donors (Lipinski definition) is 0. The van der Waals surface area contributed by atoms with Crippen LogP contribution in [-0.4, -0.2) is 32.2 Å². The third kappa shape index (κ3) is 2.33. The van der Waals surface area contributed by atoms with Crippen LogP contribution in [0.5, 0.6) is 0 Å². The third-order valence-corrected chi connectivity index (χ3v) is 3.91. The smallest absolute Gasteiger partial charge is 0.181 e. The summed E-state index contributed by atoms with van der Waals surface area (Å²) in [6, 6.07) is 14.3. The van der Waals surface area contributed by atoms with E-state index >= 15 is 0 Å². The van der Waals surface area contributed by atoms with E-state index in [1.807, 2.05) is 18.2 Å². The van der Waals surface area contributed by atoms with Crippen molar-refractivity contribution in [3.63, 3.8) is 0 Å². The second-order valence-electron chi connectivity index (χ2n) is 5.06. The minimum absolute atomic E-state index is 0.0689. The number of ketones is 1. The van der Waals surface area contributed by atoms with Crippen LogP contribution in [0.25, 0.3) is 5.69 Å². The Morgan fingerprint density at radius 2 is 1.83 bits per heavy atom. The number of rotatable bonds is 2. The predicted molar refractivity (Wildman–Crippen MR) is 85.8 cm³/mol. The van der Waals surface area contributed by atoms with Gasteiger partial charge in [-0.05, 0) is 46.8 Å². The molecular formula is C16H10ClN5O. The van der Waals surface area contributed by atoms with Gasteiger partial charge in [0.05, 0.1) is 11.4 Å². The van der Waals surface area contributed by atoms with Gasteiger partial charge in [-0.2, -0.15) is 4.68 Å². The van der Waals surface area contributed by atoms with E-state index in [0.29, 0.717) is 22.1 Å². The molecule has 1 unspecified atom stereocenters. The first-order valence-electron chi connectivity index (χ1n) is 6.96. The van der Waals surface area contributed by atoms with E-state index in [1.54, 1.807) is 36.5 Å². The van der Waals surface area contributed by atoms with Gasteiger partial charge in [-0.3, -0.25) is 9.79 Å². The number of hydrogen-bond acceptors (Lipinski definition) is 5. The number of para-hydroxylation sites is 1. The monoisotopic (exact) mass is 323 g/mol. The maximum Gasteiger partial charge on any atom is 0.181 e. The van der Waals surface area contributed by atoms with Crippen molar-refractivity contribution in [2.75, 3.05) is 0 Å². The summed E-state index contributed by atoms with van der Waals surface area (Å²) in [6.07, 6.45) is 1.59. The number of nitrogens with zero attached hydrogens (tertiary/aromatic N) is 5. The number of halogens is 1. The fourth-order valence-electron chi connectivity index (χ4n) is 2.52. The van der Waals surface area contributed by atoms with Gasteiger partial charge in [0.2, 0.25) is 0 Å². The molecule has 0 N–H and O–H groups in total. The standard InChI is InChI=1S/C16H10ClN5O/c17-10-5-7-11(8-6-10)22-16(19-20-21-22)13-9-18-14-4-2-1-3-12(14)15(13)23/h1-9,13H. The number of fused-ring (bicyclic) bond motifs is 1. The Balaban J connectivity index is 1.78. The number of benzene rings is 2. The Bertz CT molecular complexity index is 916. The van der Waals surface area contributed by atoms with Crippen molar-refractivity contribution in [1.82, 2.24) is 20.2 Å². The van der Waals surface area contributed by atoms with Crippen molar-refractivity contribution in [2.24, 2.45) is 4.99 Å². The molecule has 0 saturated carbocycles. The Kier molecular flexibility index (Phi) is 3.24. The Hall–Kier alpha value is -2.86. The molecule has 1 aromatic heterocycles. The van der Waals surface area contributed by atoms with E-state index in [0.717, 1.165) is 5.69 Å². The number of aromatic nitrogens is 4. The van der Waals surface area contributed by atoms with E-state index in [4.69, 9.17) is 11.6 Å². The first kappa shape index (κ1) is 13.8. The van der Waals surface area contributed by atoms with Crippen molar-refractivity contribution < 1.29 is 4.79 Å². The Morgan fingerprint density at radius 1 is 1.04 bits per heavy atom. The van der Waals surface area contributed by atoms with Gasteiger partial charge in [0, 0.05) is 16.8 Å². The molecule has 0 aliphatic carbocycles. The van der Waals surface area contributed by atoms with Gasteiger partial charge in [-0.25, -0.2) is 0 Å². The van der Waals surface area contributed by atoms with E-state index in [-0.39, 0.29) is 5.78 Å². The number of tetrazole rings is 1. The molecule has 7 heteroatoms. The summed E-state index contributed by atoms with van der Waals surface area (Å²) in [5.41, 5.74) is 1.97. The fraction of sp³-hybridized carbons (Fsp3) is 0.0625. The highest BCUT2D eigenvalue weighted by atomic mass is 35.5. The molecule has 0 radical (unpaired) electrons. The first-order chi connectivity index (χ1) is 11.2. The molecule has 23 heavy (non-hydrogen) atoms. The maximum absolute atomic E-state index is 12.7. The van der Waals surface area contributed by atoms with E-state index in [9.17, 15) is 4.79 Å². The van der Waals surface area contributed by atoms with Crippen LogP contribution in [0.15, 0.2) is 53.5 Å². The van der Waals surface area contributed by atoms with Crippen molar-refractivity contribution in [1.29, 1.82) is 0 Å². The number of carbonyl (C=O) groups is 1. The van der Waals surface area contributed by atoms with Crippen LogP contribution in [-0.2, 0) is 0 Å². The van der Waals surface area contributed by atoms with Crippen molar-refractivity contribution in [3.05, 3.63) is 64.9 Å². The summed E-state index contributed by atoms with van der Waals surface area (Å²) in [6.45, 7) is 0. The highest BCUT2D eigenvalue weighted by molar-refractivity contribution is 6.30. The zero-order chi connectivity index (χ0) is 15.8. The molecule has 0 fully saturated rings. The van der Waals surface area contributed by atoms with Crippen LogP contribution in [0.4, 0.5) is 5.69 Å². The Labute approximate surface area is 136 Å². The summed E-state index contributed by atoms with van der Waals surface area (Å²) in [5.74, 6) is -0.258. The fourth-order valence-corrected chi connectivity index (χ4v) is 2.65. The van der Waals surface area contributed by atoms with Gasteiger partial charge in [0.25, 0.3) is 0 Å². The zero-order valence-electron chi connectivity index (χ0n) is 11.8. The molecule has 1 atom stereocenters.